The smallest absolute Gasteiger partial charge is 0.475 e. The van der Waals surface area contributed by atoms with Crippen LogP contribution in [-0.2, 0) is 36.3 Å². The van der Waals surface area contributed by atoms with Crippen LogP contribution >= 0.6 is 0 Å². The fourth-order valence-corrected chi connectivity index (χ4v) is 4.33. The number of fused-ring (bicyclic) bond motifs is 1. The minimum Gasteiger partial charge on any atom is -0.475 e. The van der Waals surface area contributed by atoms with Crippen molar-refractivity contribution < 1.29 is 27.8 Å². The van der Waals surface area contributed by atoms with E-state index in [1.54, 1.807) is 0 Å². The van der Waals surface area contributed by atoms with Gasteiger partial charge in [0.25, 0.3) is 0 Å². The summed E-state index contributed by atoms with van der Waals surface area (Å²) < 4.78 is 42.3. The minimum absolute atomic E-state index is 0.116. The van der Waals surface area contributed by atoms with E-state index in [2.05, 4.69) is 56.9 Å². The van der Waals surface area contributed by atoms with Crippen LogP contribution in [0.2, 0.25) is 0 Å². The molecule has 3 aromatic rings. The number of alkyl halides is 3. The van der Waals surface area contributed by atoms with E-state index in [0.717, 1.165) is 38.4 Å². The molecule has 1 N–H and O–H groups in total. The Morgan fingerprint density at radius 3 is 2.53 bits per heavy atom. The molecule has 2 aliphatic heterocycles. The van der Waals surface area contributed by atoms with Gasteiger partial charge in [0, 0.05) is 38.4 Å². The quantitative estimate of drug-likeness (QED) is 0.623. The van der Waals surface area contributed by atoms with Crippen LogP contribution in [0, 0.1) is 6.92 Å². The summed E-state index contributed by atoms with van der Waals surface area (Å²) in [7, 11) is 1.96. The molecule has 0 bridgehead atoms. The summed E-state index contributed by atoms with van der Waals surface area (Å²) in [5, 5.41) is 11.4. The zero-order valence-electron chi connectivity index (χ0n) is 18.9. The lowest BCUT2D eigenvalue weighted by molar-refractivity contribution is -0.192. The number of imidazole rings is 1. The van der Waals surface area contributed by atoms with Gasteiger partial charge in [-0.1, -0.05) is 29.8 Å². The number of aliphatic carboxylic acids is 1. The fourth-order valence-electron chi connectivity index (χ4n) is 4.33. The molecule has 5 rings (SSSR count). The highest BCUT2D eigenvalue weighted by Gasteiger charge is 2.43. The number of hydrogen-bond acceptors (Lipinski definition) is 5. The van der Waals surface area contributed by atoms with Crippen LogP contribution < -0.4 is 0 Å². The molecule has 11 heteroatoms. The number of ether oxygens (including phenoxy) is 1. The zero-order chi connectivity index (χ0) is 24.5. The Labute approximate surface area is 194 Å². The molecule has 2 aliphatic rings. The number of aromatic nitrogens is 4. The summed E-state index contributed by atoms with van der Waals surface area (Å²) >= 11 is 0. The van der Waals surface area contributed by atoms with E-state index >= 15 is 0 Å². The number of carbonyl (C=O) groups is 1. The van der Waals surface area contributed by atoms with E-state index in [9.17, 15) is 13.2 Å². The lowest BCUT2D eigenvalue weighted by Crippen LogP contribution is -2.44. The van der Waals surface area contributed by atoms with Crippen molar-refractivity contribution >= 4 is 5.97 Å². The van der Waals surface area contributed by atoms with Crippen LogP contribution in [-0.4, -0.2) is 60.2 Å². The fraction of sp³-hybridized carbons (Fsp3) is 0.435. The highest BCUT2D eigenvalue weighted by Crippen LogP contribution is 2.35. The topological polar surface area (TPSA) is 85.4 Å². The number of hydrogen-bond donors (Lipinski definition) is 1. The van der Waals surface area contributed by atoms with Crippen LogP contribution in [0.3, 0.4) is 0 Å². The SMILES string of the molecule is Cc1ccc(-c2cnc3n2CC2(CCN(Cc4cnn(C)c4)C2)OC3)cc1.O=C(O)C(F)(F)F. The summed E-state index contributed by atoms with van der Waals surface area (Å²) in [6.07, 6.45) is 2.01. The second-order valence-corrected chi connectivity index (χ2v) is 8.77. The van der Waals surface area contributed by atoms with Gasteiger partial charge in [-0.15, -0.1) is 0 Å². The molecule has 34 heavy (non-hydrogen) atoms. The van der Waals surface area contributed by atoms with Gasteiger partial charge in [-0.25, -0.2) is 9.78 Å². The number of halogens is 3. The Balaban J connectivity index is 0.000000344. The Morgan fingerprint density at radius 2 is 1.91 bits per heavy atom. The molecular weight excluding hydrogens is 451 g/mol. The molecular formula is C23H26F3N5O3. The summed E-state index contributed by atoms with van der Waals surface area (Å²) in [6, 6.07) is 8.70. The van der Waals surface area contributed by atoms with Crippen molar-refractivity contribution in [2.75, 3.05) is 13.1 Å². The molecule has 0 radical (unpaired) electrons. The Morgan fingerprint density at radius 1 is 1.21 bits per heavy atom. The monoisotopic (exact) mass is 477 g/mol. The second-order valence-electron chi connectivity index (χ2n) is 8.77. The number of carboxylic acid groups (broad SMARTS) is 1. The standard InChI is InChI=1S/C21H25N5O.C2HF3O2/c1-16-3-5-18(6-4-16)19-10-22-20-13-27-21(15-26(19)20)7-8-25(14-21)12-17-9-23-24(2)11-17;3-2(4,5)1(6)7/h3-6,9-11H,7-8,12-15H2,1-2H3;(H,6,7). The average molecular weight is 477 g/mol. The first-order valence-corrected chi connectivity index (χ1v) is 10.8. The molecule has 0 amide bonds. The van der Waals surface area contributed by atoms with Crippen molar-refractivity contribution in [3.8, 4) is 11.3 Å². The van der Waals surface area contributed by atoms with E-state index in [4.69, 9.17) is 14.6 Å². The number of nitrogens with zero attached hydrogens (tertiary/aromatic N) is 5. The molecule has 1 spiro atoms. The highest BCUT2D eigenvalue weighted by atomic mass is 19.4. The summed E-state index contributed by atoms with van der Waals surface area (Å²) in [5.74, 6) is -1.73. The van der Waals surface area contributed by atoms with Crippen LogP contribution in [0.4, 0.5) is 13.2 Å². The van der Waals surface area contributed by atoms with E-state index < -0.39 is 12.1 Å². The molecule has 0 aliphatic carbocycles. The van der Waals surface area contributed by atoms with Crippen LogP contribution in [0.25, 0.3) is 11.3 Å². The first-order chi connectivity index (χ1) is 16.0. The number of rotatable bonds is 3. The second kappa shape index (κ2) is 9.22. The van der Waals surface area contributed by atoms with Crippen molar-refractivity contribution in [1.82, 2.24) is 24.2 Å². The Bertz CT molecular complexity index is 1160. The number of benzene rings is 1. The molecule has 182 valence electrons. The van der Waals surface area contributed by atoms with Gasteiger partial charge >= 0.3 is 12.1 Å². The first-order valence-electron chi connectivity index (χ1n) is 10.8. The molecule has 0 saturated carbocycles. The van der Waals surface area contributed by atoms with Gasteiger partial charge in [-0.05, 0) is 18.9 Å². The van der Waals surface area contributed by atoms with Crippen LogP contribution in [0.15, 0.2) is 42.9 Å². The largest absolute Gasteiger partial charge is 0.490 e. The van der Waals surface area contributed by atoms with Gasteiger partial charge in [0.1, 0.15) is 18.0 Å². The lowest BCUT2D eigenvalue weighted by atomic mass is 10.0. The van der Waals surface area contributed by atoms with Gasteiger partial charge in [-0.2, -0.15) is 18.3 Å². The van der Waals surface area contributed by atoms with E-state index in [-0.39, 0.29) is 5.60 Å². The first kappa shape index (κ1) is 24.0. The predicted molar refractivity (Wildman–Crippen MR) is 117 cm³/mol. The molecule has 4 heterocycles. The maximum atomic E-state index is 10.6. The van der Waals surface area contributed by atoms with Gasteiger partial charge in [-0.3, -0.25) is 9.58 Å². The number of carboxylic acids is 1. The number of likely N-dealkylation sites (tertiary alicyclic amines) is 1. The average Bonchev–Trinajstić information content (AvgIpc) is 3.48. The highest BCUT2D eigenvalue weighted by molar-refractivity contribution is 5.73. The molecule has 1 fully saturated rings. The zero-order valence-corrected chi connectivity index (χ0v) is 18.9. The van der Waals surface area contributed by atoms with Crippen LogP contribution in [0.5, 0.6) is 0 Å². The molecule has 2 aromatic heterocycles. The van der Waals surface area contributed by atoms with E-state index in [1.165, 1.54) is 22.4 Å². The minimum atomic E-state index is -5.08. The van der Waals surface area contributed by atoms with Crippen molar-refractivity contribution in [2.45, 2.75) is 44.8 Å². The van der Waals surface area contributed by atoms with Crippen LogP contribution in [0.1, 0.15) is 23.4 Å². The Hall–Kier alpha value is -3.18. The molecule has 1 atom stereocenters. The third-order valence-electron chi connectivity index (χ3n) is 6.04. The van der Waals surface area contributed by atoms with Crippen molar-refractivity contribution in [2.24, 2.45) is 7.05 Å². The van der Waals surface area contributed by atoms with Crippen molar-refractivity contribution in [3.63, 3.8) is 0 Å². The summed E-state index contributed by atoms with van der Waals surface area (Å²) in [6.45, 7) is 6.52. The maximum Gasteiger partial charge on any atom is 0.490 e. The maximum absolute atomic E-state index is 10.6. The number of aryl methyl sites for hydroxylation is 2. The van der Waals surface area contributed by atoms with Crippen molar-refractivity contribution in [1.29, 1.82) is 0 Å². The molecule has 1 saturated heterocycles. The van der Waals surface area contributed by atoms with Crippen molar-refractivity contribution in [3.05, 3.63) is 59.8 Å². The summed E-state index contributed by atoms with van der Waals surface area (Å²) in [4.78, 5) is 16.0. The summed E-state index contributed by atoms with van der Waals surface area (Å²) in [5.41, 5.74) is 4.84. The normalized spacial score (nSPS) is 20.1. The van der Waals surface area contributed by atoms with E-state index in [1.807, 2.05) is 24.1 Å². The van der Waals surface area contributed by atoms with Gasteiger partial charge in [0.2, 0.25) is 0 Å². The van der Waals surface area contributed by atoms with Gasteiger partial charge < -0.3 is 14.4 Å². The molecule has 1 unspecified atom stereocenters. The Kier molecular flexibility index (Phi) is 6.50. The van der Waals surface area contributed by atoms with E-state index in [0.29, 0.717) is 6.61 Å². The van der Waals surface area contributed by atoms with Gasteiger partial charge in [0.15, 0.2) is 0 Å². The van der Waals surface area contributed by atoms with Gasteiger partial charge in [0.05, 0.1) is 24.6 Å². The predicted octanol–water partition coefficient (Wildman–Crippen LogP) is 3.40. The third kappa shape index (κ3) is 5.31. The molecule has 8 nitrogen and oxygen atoms in total. The lowest BCUT2D eigenvalue weighted by Gasteiger charge is -2.35. The molecule has 1 aromatic carbocycles. The third-order valence-corrected chi connectivity index (χ3v) is 6.04.